The number of benzene rings is 9. The largest absolute Gasteiger partial charge is 0.456 e. The molecule has 0 aliphatic carbocycles. The van der Waals surface area contributed by atoms with Gasteiger partial charge in [-0.2, -0.15) is 0 Å². The van der Waals surface area contributed by atoms with E-state index in [0.717, 1.165) is 44.6 Å². The van der Waals surface area contributed by atoms with E-state index >= 15 is 0 Å². The smallest absolute Gasteiger partial charge is 0.135 e. The van der Waals surface area contributed by atoms with E-state index in [1.807, 2.05) is 12.1 Å². The molecule has 264 valence electrons. The van der Waals surface area contributed by atoms with Gasteiger partial charge in [0.25, 0.3) is 0 Å². The van der Waals surface area contributed by atoms with Gasteiger partial charge in [0.05, 0.1) is 5.69 Å². The number of furan rings is 1. The Kier molecular flexibility index (Phi) is 8.55. The number of rotatable bonds is 8. The summed E-state index contributed by atoms with van der Waals surface area (Å²) in [4.78, 5) is 2.39. The molecule has 9 aromatic carbocycles. The predicted molar refractivity (Wildman–Crippen MR) is 236 cm³/mol. The lowest BCUT2D eigenvalue weighted by atomic mass is 9.88. The maximum atomic E-state index is 6.29. The van der Waals surface area contributed by atoms with Gasteiger partial charge in [-0.3, -0.25) is 0 Å². The zero-order valence-corrected chi connectivity index (χ0v) is 30.7. The molecule has 2 heteroatoms. The molecule has 0 radical (unpaired) electrons. The molecule has 0 unspecified atom stereocenters. The van der Waals surface area contributed by atoms with Gasteiger partial charge in [0.2, 0.25) is 0 Å². The molecule has 0 N–H and O–H groups in total. The summed E-state index contributed by atoms with van der Waals surface area (Å²) in [6.07, 6.45) is 0. The van der Waals surface area contributed by atoms with Crippen LogP contribution in [-0.2, 0) is 0 Å². The second-order valence-electron chi connectivity index (χ2n) is 14.1. The van der Waals surface area contributed by atoms with E-state index in [4.69, 9.17) is 4.42 Å². The first-order valence-corrected chi connectivity index (χ1v) is 19.1. The van der Waals surface area contributed by atoms with Crippen molar-refractivity contribution >= 4 is 39.0 Å². The Morgan fingerprint density at radius 1 is 0.268 bits per heavy atom. The van der Waals surface area contributed by atoms with Crippen LogP contribution in [0.15, 0.2) is 229 Å². The normalized spacial score (nSPS) is 11.2. The van der Waals surface area contributed by atoms with Gasteiger partial charge in [-0.15, -0.1) is 0 Å². The number of hydrogen-bond acceptors (Lipinski definition) is 2. The predicted octanol–water partition coefficient (Wildman–Crippen LogP) is 15.4. The van der Waals surface area contributed by atoms with Gasteiger partial charge in [0, 0.05) is 27.7 Å². The lowest BCUT2D eigenvalue weighted by molar-refractivity contribution is 0.669. The fraction of sp³-hybridized carbons (Fsp3) is 0. The Bertz CT molecular complexity index is 2960. The highest BCUT2D eigenvalue weighted by Gasteiger charge is 2.21. The first-order valence-electron chi connectivity index (χ1n) is 19.1. The van der Waals surface area contributed by atoms with Crippen molar-refractivity contribution in [1.29, 1.82) is 0 Å². The SMILES string of the molecule is c1ccc(-c2cccc(-c3ccc(N(c4ccc5oc6ccccc6c5c4)c4ccccc4-c4ccccc4-c4ccccc4-c4ccccc4)cc3)c2)cc1. The molecule has 0 fully saturated rings. The van der Waals surface area contributed by atoms with Crippen molar-refractivity contribution in [2.75, 3.05) is 4.90 Å². The van der Waals surface area contributed by atoms with Crippen LogP contribution in [0.4, 0.5) is 17.1 Å². The van der Waals surface area contributed by atoms with Crippen LogP contribution in [0.1, 0.15) is 0 Å². The molecule has 1 aromatic heterocycles. The molecule has 0 amide bonds. The summed E-state index contributed by atoms with van der Waals surface area (Å²) >= 11 is 0. The second-order valence-corrected chi connectivity index (χ2v) is 14.1. The lowest BCUT2D eigenvalue weighted by Gasteiger charge is -2.29. The molecule has 0 aliphatic heterocycles. The van der Waals surface area contributed by atoms with Crippen molar-refractivity contribution in [3.8, 4) is 55.6 Å². The van der Waals surface area contributed by atoms with Gasteiger partial charge in [0.1, 0.15) is 11.2 Å². The van der Waals surface area contributed by atoms with Crippen LogP contribution in [0.25, 0.3) is 77.6 Å². The highest BCUT2D eigenvalue weighted by molar-refractivity contribution is 6.07. The Labute approximate surface area is 327 Å². The molecule has 0 aliphatic rings. The number of para-hydroxylation sites is 2. The monoisotopic (exact) mass is 715 g/mol. The van der Waals surface area contributed by atoms with Crippen LogP contribution in [0, 0.1) is 0 Å². The summed E-state index contributed by atoms with van der Waals surface area (Å²) in [7, 11) is 0. The number of anilines is 3. The van der Waals surface area contributed by atoms with Crippen molar-refractivity contribution in [1.82, 2.24) is 0 Å². The van der Waals surface area contributed by atoms with Crippen molar-refractivity contribution in [2.45, 2.75) is 0 Å². The summed E-state index contributed by atoms with van der Waals surface area (Å²) < 4.78 is 6.29. The maximum Gasteiger partial charge on any atom is 0.135 e. The third-order valence-corrected chi connectivity index (χ3v) is 10.7. The summed E-state index contributed by atoms with van der Waals surface area (Å²) in [6, 6.07) is 80.1. The van der Waals surface area contributed by atoms with Crippen molar-refractivity contribution in [3.05, 3.63) is 224 Å². The van der Waals surface area contributed by atoms with Crippen LogP contribution in [0.2, 0.25) is 0 Å². The Hall–Kier alpha value is -7.42. The molecular formula is C54H37NO. The molecule has 0 atom stereocenters. The zero-order chi connectivity index (χ0) is 37.3. The molecule has 0 spiro atoms. The number of fused-ring (bicyclic) bond motifs is 3. The van der Waals surface area contributed by atoms with E-state index in [1.54, 1.807) is 0 Å². The van der Waals surface area contributed by atoms with Crippen LogP contribution in [-0.4, -0.2) is 0 Å². The first kappa shape index (κ1) is 33.2. The van der Waals surface area contributed by atoms with E-state index in [2.05, 4.69) is 217 Å². The van der Waals surface area contributed by atoms with Gasteiger partial charge in [0.15, 0.2) is 0 Å². The lowest BCUT2D eigenvalue weighted by Crippen LogP contribution is -2.11. The van der Waals surface area contributed by atoms with Crippen molar-refractivity contribution < 1.29 is 4.42 Å². The van der Waals surface area contributed by atoms with Crippen LogP contribution in [0.5, 0.6) is 0 Å². The van der Waals surface area contributed by atoms with E-state index in [1.165, 1.54) is 50.1 Å². The topological polar surface area (TPSA) is 16.4 Å². The van der Waals surface area contributed by atoms with E-state index in [0.29, 0.717) is 0 Å². The molecule has 0 bridgehead atoms. The number of nitrogens with zero attached hydrogens (tertiary/aromatic N) is 1. The van der Waals surface area contributed by atoms with E-state index in [9.17, 15) is 0 Å². The standard InChI is InChI=1S/C54H37NO/c1-3-16-38(17-4-1)41-20-15-21-42(36-41)39-30-32-43(33-31-39)55(44-34-35-54-51(37-44)50-27-12-14-29-53(50)56-54)52-28-13-11-26-49(52)48-25-10-9-24-47(48)46-23-8-7-22-45(46)40-18-5-2-6-19-40/h1-37H. The summed E-state index contributed by atoms with van der Waals surface area (Å²) in [5, 5.41) is 2.20. The molecular weight excluding hydrogens is 679 g/mol. The van der Waals surface area contributed by atoms with Gasteiger partial charge < -0.3 is 9.32 Å². The molecule has 56 heavy (non-hydrogen) atoms. The van der Waals surface area contributed by atoms with E-state index < -0.39 is 0 Å². The average molecular weight is 716 g/mol. The van der Waals surface area contributed by atoms with Gasteiger partial charge in [-0.1, -0.05) is 176 Å². The molecule has 0 saturated heterocycles. The maximum absolute atomic E-state index is 6.29. The minimum absolute atomic E-state index is 0.875. The summed E-state index contributed by atoms with van der Waals surface area (Å²) in [6.45, 7) is 0. The molecule has 2 nitrogen and oxygen atoms in total. The van der Waals surface area contributed by atoms with E-state index in [-0.39, 0.29) is 0 Å². The Balaban J connectivity index is 1.14. The highest BCUT2D eigenvalue weighted by Crippen LogP contribution is 2.46. The van der Waals surface area contributed by atoms with Crippen LogP contribution in [0.3, 0.4) is 0 Å². The van der Waals surface area contributed by atoms with Gasteiger partial charge in [-0.25, -0.2) is 0 Å². The Morgan fingerprint density at radius 3 is 1.46 bits per heavy atom. The average Bonchev–Trinajstić information content (AvgIpc) is 3.66. The fourth-order valence-corrected chi connectivity index (χ4v) is 8.03. The number of hydrogen-bond donors (Lipinski definition) is 0. The minimum atomic E-state index is 0.875. The van der Waals surface area contributed by atoms with Crippen molar-refractivity contribution in [3.63, 3.8) is 0 Å². The zero-order valence-electron chi connectivity index (χ0n) is 30.7. The second kappa shape index (κ2) is 14.4. The summed E-state index contributed by atoms with van der Waals surface area (Å²) in [5.74, 6) is 0. The molecule has 10 rings (SSSR count). The third-order valence-electron chi connectivity index (χ3n) is 10.7. The molecule has 10 aromatic rings. The first-order chi connectivity index (χ1) is 27.8. The minimum Gasteiger partial charge on any atom is -0.456 e. The third kappa shape index (κ3) is 6.14. The van der Waals surface area contributed by atoms with Gasteiger partial charge >= 0.3 is 0 Å². The van der Waals surface area contributed by atoms with Crippen molar-refractivity contribution in [2.24, 2.45) is 0 Å². The highest BCUT2D eigenvalue weighted by atomic mass is 16.3. The van der Waals surface area contributed by atoms with Crippen LogP contribution >= 0.6 is 0 Å². The summed E-state index contributed by atoms with van der Waals surface area (Å²) in [5.41, 5.74) is 16.8. The quantitative estimate of drug-likeness (QED) is 0.156. The Morgan fingerprint density at radius 2 is 0.750 bits per heavy atom. The van der Waals surface area contributed by atoms with Crippen LogP contribution < -0.4 is 4.90 Å². The van der Waals surface area contributed by atoms with Gasteiger partial charge in [-0.05, 0) is 98.6 Å². The molecule has 1 heterocycles. The fourth-order valence-electron chi connectivity index (χ4n) is 8.03. The molecule has 0 saturated carbocycles.